The smallest absolute Gasteiger partial charge is 0.133 e. The van der Waals surface area contributed by atoms with Crippen LogP contribution >= 0.6 is 0 Å². The number of phenols is 1. The Kier molecular flexibility index (Phi) is 3.25. The second kappa shape index (κ2) is 4.84. The molecule has 0 saturated carbocycles. The Morgan fingerprint density at radius 2 is 2.00 bits per heavy atom. The minimum Gasteiger partial charge on any atom is -0.508 e. The molecule has 0 fully saturated rings. The summed E-state index contributed by atoms with van der Waals surface area (Å²) < 4.78 is 0. The van der Waals surface area contributed by atoms with E-state index in [0.717, 1.165) is 17.2 Å². The fraction of sp³-hybridized carbons (Fsp3) is 0.154. The summed E-state index contributed by atoms with van der Waals surface area (Å²) in [5.41, 5.74) is 7.28. The molecule has 0 radical (unpaired) electrons. The van der Waals surface area contributed by atoms with E-state index in [1.165, 1.54) is 0 Å². The van der Waals surface area contributed by atoms with Crippen LogP contribution in [-0.2, 0) is 6.54 Å². The standard InChI is InChI=1S/C13H15N3O/c1-16(11-5-3-6-12(17)8-11)13-7-2-4-10(9-14)15-13/h2-8,17H,9,14H2,1H3. The molecule has 0 aliphatic carbocycles. The third-order valence-corrected chi connectivity index (χ3v) is 2.56. The van der Waals surface area contributed by atoms with Crippen molar-refractivity contribution in [1.29, 1.82) is 0 Å². The van der Waals surface area contributed by atoms with Gasteiger partial charge in [-0.2, -0.15) is 0 Å². The van der Waals surface area contributed by atoms with E-state index in [0.29, 0.717) is 6.54 Å². The van der Waals surface area contributed by atoms with Crippen molar-refractivity contribution in [2.75, 3.05) is 11.9 Å². The van der Waals surface area contributed by atoms with Crippen LogP contribution in [0.3, 0.4) is 0 Å². The first-order valence-corrected chi connectivity index (χ1v) is 5.39. The van der Waals surface area contributed by atoms with Crippen LogP contribution in [-0.4, -0.2) is 17.1 Å². The third kappa shape index (κ3) is 2.54. The van der Waals surface area contributed by atoms with Crippen LogP contribution in [0, 0.1) is 0 Å². The molecule has 4 heteroatoms. The SMILES string of the molecule is CN(c1cccc(O)c1)c1cccc(CN)n1. The molecule has 0 aliphatic rings. The van der Waals surface area contributed by atoms with Crippen LogP contribution in [0.15, 0.2) is 42.5 Å². The number of phenolic OH excluding ortho intramolecular Hbond substituents is 1. The number of nitrogens with zero attached hydrogens (tertiary/aromatic N) is 2. The van der Waals surface area contributed by atoms with E-state index < -0.39 is 0 Å². The Morgan fingerprint density at radius 3 is 2.71 bits per heavy atom. The maximum absolute atomic E-state index is 9.44. The Bertz CT molecular complexity index is 514. The average molecular weight is 229 g/mol. The summed E-state index contributed by atoms with van der Waals surface area (Å²) in [7, 11) is 1.90. The van der Waals surface area contributed by atoms with Crippen molar-refractivity contribution in [1.82, 2.24) is 4.98 Å². The Morgan fingerprint density at radius 1 is 1.24 bits per heavy atom. The number of rotatable bonds is 3. The molecule has 0 aliphatic heterocycles. The van der Waals surface area contributed by atoms with Gasteiger partial charge in [0.1, 0.15) is 11.6 Å². The highest BCUT2D eigenvalue weighted by molar-refractivity contribution is 5.60. The maximum Gasteiger partial charge on any atom is 0.133 e. The fourth-order valence-electron chi connectivity index (χ4n) is 1.60. The van der Waals surface area contributed by atoms with Crippen molar-refractivity contribution in [3.8, 4) is 5.75 Å². The van der Waals surface area contributed by atoms with Crippen molar-refractivity contribution in [3.63, 3.8) is 0 Å². The zero-order valence-electron chi connectivity index (χ0n) is 9.67. The molecule has 4 nitrogen and oxygen atoms in total. The fourth-order valence-corrected chi connectivity index (χ4v) is 1.60. The van der Waals surface area contributed by atoms with Gasteiger partial charge in [-0.3, -0.25) is 0 Å². The summed E-state index contributed by atoms with van der Waals surface area (Å²) in [6.45, 7) is 0.418. The van der Waals surface area contributed by atoms with Gasteiger partial charge in [0.2, 0.25) is 0 Å². The van der Waals surface area contributed by atoms with Gasteiger partial charge in [0.25, 0.3) is 0 Å². The van der Waals surface area contributed by atoms with Gasteiger partial charge in [0, 0.05) is 25.3 Å². The summed E-state index contributed by atoms with van der Waals surface area (Å²) >= 11 is 0. The number of hydrogen-bond acceptors (Lipinski definition) is 4. The van der Waals surface area contributed by atoms with E-state index in [9.17, 15) is 5.11 Å². The molecule has 0 saturated heterocycles. The zero-order valence-corrected chi connectivity index (χ0v) is 9.67. The molecule has 0 atom stereocenters. The molecule has 2 aromatic rings. The average Bonchev–Trinajstić information content (AvgIpc) is 2.38. The van der Waals surface area contributed by atoms with Gasteiger partial charge in [0.15, 0.2) is 0 Å². The topological polar surface area (TPSA) is 62.4 Å². The highest BCUT2D eigenvalue weighted by Gasteiger charge is 2.06. The van der Waals surface area contributed by atoms with E-state index in [1.807, 2.05) is 36.2 Å². The van der Waals surface area contributed by atoms with Gasteiger partial charge in [-0.15, -0.1) is 0 Å². The molecule has 0 amide bonds. The van der Waals surface area contributed by atoms with Crippen LogP contribution in [0.1, 0.15) is 5.69 Å². The summed E-state index contributed by atoms with van der Waals surface area (Å²) in [5.74, 6) is 1.04. The highest BCUT2D eigenvalue weighted by Crippen LogP contribution is 2.24. The number of nitrogens with two attached hydrogens (primary N) is 1. The second-order valence-electron chi connectivity index (χ2n) is 3.77. The molecular formula is C13H15N3O. The van der Waals surface area contributed by atoms with Gasteiger partial charge >= 0.3 is 0 Å². The van der Waals surface area contributed by atoms with Crippen LogP contribution < -0.4 is 10.6 Å². The van der Waals surface area contributed by atoms with E-state index >= 15 is 0 Å². The highest BCUT2D eigenvalue weighted by atomic mass is 16.3. The van der Waals surface area contributed by atoms with Crippen molar-refractivity contribution in [3.05, 3.63) is 48.2 Å². The molecule has 2 rings (SSSR count). The normalized spacial score (nSPS) is 10.2. The van der Waals surface area contributed by atoms with E-state index in [1.54, 1.807) is 18.2 Å². The maximum atomic E-state index is 9.44. The number of aromatic hydroxyl groups is 1. The molecule has 1 aromatic heterocycles. The number of anilines is 2. The molecule has 0 spiro atoms. The van der Waals surface area contributed by atoms with Gasteiger partial charge in [-0.25, -0.2) is 4.98 Å². The lowest BCUT2D eigenvalue weighted by molar-refractivity contribution is 0.475. The number of pyridine rings is 1. The number of aromatic nitrogens is 1. The molecule has 17 heavy (non-hydrogen) atoms. The summed E-state index contributed by atoms with van der Waals surface area (Å²) in [5, 5.41) is 9.44. The lowest BCUT2D eigenvalue weighted by Gasteiger charge is -2.18. The number of hydrogen-bond donors (Lipinski definition) is 2. The Balaban J connectivity index is 2.33. The van der Waals surface area contributed by atoms with Crippen molar-refractivity contribution >= 4 is 11.5 Å². The predicted molar refractivity (Wildman–Crippen MR) is 68.3 cm³/mol. The van der Waals surface area contributed by atoms with Gasteiger partial charge in [-0.05, 0) is 24.3 Å². The quantitative estimate of drug-likeness (QED) is 0.845. The second-order valence-corrected chi connectivity index (χ2v) is 3.77. The van der Waals surface area contributed by atoms with Gasteiger partial charge < -0.3 is 15.7 Å². The zero-order chi connectivity index (χ0) is 12.3. The first-order valence-electron chi connectivity index (χ1n) is 5.39. The molecule has 1 heterocycles. The van der Waals surface area contributed by atoms with E-state index in [2.05, 4.69) is 4.98 Å². The summed E-state index contributed by atoms with van der Waals surface area (Å²) in [4.78, 5) is 6.32. The molecule has 3 N–H and O–H groups in total. The van der Waals surface area contributed by atoms with E-state index in [-0.39, 0.29) is 5.75 Å². The van der Waals surface area contributed by atoms with E-state index in [4.69, 9.17) is 5.73 Å². The van der Waals surface area contributed by atoms with Crippen molar-refractivity contribution in [2.24, 2.45) is 5.73 Å². The van der Waals surface area contributed by atoms with Crippen LogP contribution in [0.25, 0.3) is 0 Å². The van der Waals surface area contributed by atoms with Crippen molar-refractivity contribution in [2.45, 2.75) is 6.54 Å². The van der Waals surface area contributed by atoms with Crippen LogP contribution in [0.5, 0.6) is 5.75 Å². The van der Waals surface area contributed by atoms with Crippen LogP contribution in [0.4, 0.5) is 11.5 Å². The monoisotopic (exact) mass is 229 g/mol. The molecule has 1 aromatic carbocycles. The first-order chi connectivity index (χ1) is 8.20. The van der Waals surface area contributed by atoms with Gasteiger partial charge in [-0.1, -0.05) is 12.1 Å². The molecular weight excluding hydrogens is 214 g/mol. The Hall–Kier alpha value is -2.07. The van der Waals surface area contributed by atoms with Crippen molar-refractivity contribution < 1.29 is 5.11 Å². The van der Waals surface area contributed by atoms with Crippen LogP contribution in [0.2, 0.25) is 0 Å². The minimum atomic E-state index is 0.240. The minimum absolute atomic E-state index is 0.240. The first kappa shape index (κ1) is 11.4. The Labute approximate surface area is 100 Å². The predicted octanol–water partition coefficient (Wildman–Crippen LogP) is 2.01. The summed E-state index contributed by atoms with van der Waals surface area (Å²) in [6, 6.07) is 12.8. The van der Waals surface area contributed by atoms with Gasteiger partial charge in [0.05, 0.1) is 5.69 Å². The summed E-state index contributed by atoms with van der Waals surface area (Å²) in [6.07, 6.45) is 0. The molecule has 0 unspecified atom stereocenters. The third-order valence-electron chi connectivity index (χ3n) is 2.56. The molecule has 88 valence electrons. The largest absolute Gasteiger partial charge is 0.508 e. The molecule has 0 bridgehead atoms. The number of benzene rings is 1. The lowest BCUT2D eigenvalue weighted by atomic mass is 10.2. The lowest BCUT2D eigenvalue weighted by Crippen LogP contribution is -2.12.